The molecule has 0 aliphatic rings. The highest BCUT2D eigenvalue weighted by Crippen LogP contribution is 2.34. The van der Waals surface area contributed by atoms with Crippen LogP contribution in [-0.4, -0.2) is 40.5 Å². The fraction of sp³-hybridized carbons (Fsp3) is 0.240. The first-order valence-corrected chi connectivity index (χ1v) is 10.3. The van der Waals surface area contributed by atoms with E-state index >= 15 is 0 Å². The molecule has 0 aliphatic heterocycles. The highest BCUT2D eigenvalue weighted by atomic mass is 16.5. The Bertz CT molecular complexity index is 1270. The smallest absolute Gasteiger partial charge is 0.124 e. The van der Waals surface area contributed by atoms with Crippen molar-refractivity contribution < 1.29 is 9.47 Å². The lowest BCUT2D eigenvalue weighted by Gasteiger charge is -2.24. The third-order valence-electron chi connectivity index (χ3n) is 5.16. The van der Waals surface area contributed by atoms with Gasteiger partial charge in [-0.25, -0.2) is 4.98 Å². The van der Waals surface area contributed by atoms with Gasteiger partial charge >= 0.3 is 0 Å². The van der Waals surface area contributed by atoms with Crippen LogP contribution in [0.25, 0.3) is 22.3 Å². The molecular formula is C25H25N5O2. The number of benzene rings is 2. The van der Waals surface area contributed by atoms with Crippen LogP contribution in [0.5, 0.6) is 11.5 Å². The van der Waals surface area contributed by atoms with Crippen molar-refractivity contribution in [3.63, 3.8) is 0 Å². The molecule has 0 radical (unpaired) electrons. The van der Waals surface area contributed by atoms with E-state index in [0.717, 1.165) is 33.7 Å². The van der Waals surface area contributed by atoms with Gasteiger partial charge in [-0.05, 0) is 32.0 Å². The van der Waals surface area contributed by atoms with Gasteiger partial charge in [-0.3, -0.25) is 9.67 Å². The first-order valence-electron chi connectivity index (χ1n) is 10.3. The molecule has 0 amide bonds. The summed E-state index contributed by atoms with van der Waals surface area (Å²) in [6.45, 7) is 4.54. The molecule has 0 saturated heterocycles. The number of hydrogen-bond acceptors (Lipinski definition) is 6. The molecule has 7 heteroatoms. The average Bonchev–Trinajstić information content (AvgIpc) is 3.32. The monoisotopic (exact) mass is 427 g/mol. The summed E-state index contributed by atoms with van der Waals surface area (Å²) in [6, 6.07) is 11.9. The van der Waals surface area contributed by atoms with E-state index in [4.69, 9.17) is 20.9 Å². The van der Waals surface area contributed by atoms with Crippen LogP contribution in [0.4, 0.5) is 11.4 Å². The Morgan fingerprint density at radius 3 is 2.38 bits per heavy atom. The summed E-state index contributed by atoms with van der Waals surface area (Å²) >= 11 is 0. The van der Waals surface area contributed by atoms with Crippen LogP contribution in [0, 0.1) is 12.3 Å². The molecular weight excluding hydrogens is 402 g/mol. The summed E-state index contributed by atoms with van der Waals surface area (Å²) < 4.78 is 12.8. The molecule has 0 fully saturated rings. The van der Waals surface area contributed by atoms with Crippen LogP contribution >= 0.6 is 0 Å². The number of ether oxygens (including phenoxy) is 2. The number of aromatic nitrogens is 4. The number of anilines is 2. The van der Waals surface area contributed by atoms with Crippen LogP contribution in [0.3, 0.4) is 0 Å². The first kappa shape index (κ1) is 21.2. The zero-order valence-electron chi connectivity index (χ0n) is 18.6. The van der Waals surface area contributed by atoms with Crippen LogP contribution in [0.15, 0.2) is 55.0 Å². The summed E-state index contributed by atoms with van der Waals surface area (Å²) in [5, 5.41) is 4.41. The van der Waals surface area contributed by atoms with Gasteiger partial charge in [0.2, 0.25) is 0 Å². The van der Waals surface area contributed by atoms with Crippen molar-refractivity contribution in [2.45, 2.75) is 19.9 Å². The summed E-state index contributed by atoms with van der Waals surface area (Å²) in [4.78, 5) is 11.4. The molecule has 32 heavy (non-hydrogen) atoms. The maximum absolute atomic E-state index is 5.69. The van der Waals surface area contributed by atoms with Gasteiger partial charge in [-0.15, -0.1) is 6.42 Å². The summed E-state index contributed by atoms with van der Waals surface area (Å²) in [5.41, 5.74) is 5.03. The van der Waals surface area contributed by atoms with Gasteiger partial charge in [0.15, 0.2) is 0 Å². The minimum Gasteiger partial charge on any atom is -0.497 e. The second-order valence-electron chi connectivity index (χ2n) is 7.59. The molecule has 0 spiro atoms. The number of fused-ring (bicyclic) bond motifs is 1. The van der Waals surface area contributed by atoms with E-state index in [0.29, 0.717) is 18.0 Å². The van der Waals surface area contributed by atoms with E-state index in [1.165, 1.54) is 0 Å². The van der Waals surface area contributed by atoms with E-state index < -0.39 is 0 Å². The summed E-state index contributed by atoms with van der Waals surface area (Å²) in [7, 11) is 3.25. The van der Waals surface area contributed by atoms with E-state index in [9.17, 15) is 0 Å². The molecule has 0 atom stereocenters. The van der Waals surface area contributed by atoms with Gasteiger partial charge in [-0.1, -0.05) is 5.92 Å². The molecule has 162 valence electrons. The number of methoxy groups -OCH3 is 2. The maximum atomic E-state index is 5.69. The SMILES string of the molecule is C#CCN(c1cc(OC)cc(OC)c1)c1ccc2ncc(-c3cnn(C(C)C)c3)nc2c1. The van der Waals surface area contributed by atoms with E-state index in [-0.39, 0.29) is 6.04 Å². The lowest BCUT2D eigenvalue weighted by molar-refractivity contribution is 0.394. The van der Waals surface area contributed by atoms with Crippen LogP contribution in [0.1, 0.15) is 19.9 Å². The Kier molecular flexibility index (Phi) is 5.95. The van der Waals surface area contributed by atoms with Gasteiger partial charge in [0, 0.05) is 47.4 Å². The number of rotatable bonds is 7. The second kappa shape index (κ2) is 8.98. The van der Waals surface area contributed by atoms with Gasteiger partial charge in [0.05, 0.1) is 49.9 Å². The van der Waals surface area contributed by atoms with E-state index in [2.05, 4.69) is 29.9 Å². The molecule has 0 unspecified atom stereocenters. The molecule has 0 aliphatic carbocycles. The van der Waals surface area contributed by atoms with Crippen molar-refractivity contribution in [3.8, 4) is 35.1 Å². The molecule has 4 aromatic rings. The highest BCUT2D eigenvalue weighted by Gasteiger charge is 2.14. The first-order chi connectivity index (χ1) is 15.5. The molecule has 0 N–H and O–H groups in total. The van der Waals surface area contributed by atoms with Crippen LogP contribution in [0.2, 0.25) is 0 Å². The Morgan fingerprint density at radius 2 is 1.75 bits per heavy atom. The topological polar surface area (TPSA) is 65.3 Å². The van der Waals surface area contributed by atoms with E-state index in [1.807, 2.05) is 58.4 Å². The predicted octanol–water partition coefficient (Wildman–Crippen LogP) is 4.86. The Morgan fingerprint density at radius 1 is 1.00 bits per heavy atom. The lowest BCUT2D eigenvalue weighted by Crippen LogP contribution is -2.17. The van der Waals surface area contributed by atoms with Crippen molar-refractivity contribution in [2.24, 2.45) is 0 Å². The fourth-order valence-electron chi connectivity index (χ4n) is 3.43. The van der Waals surface area contributed by atoms with Gasteiger partial charge in [0.1, 0.15) is 11.5 Å². The largest absolute Gasteiger partial charge is 0.497 e. The third kappa shape index (κ3) is 4.21. The van der Waals surface area contributed by atoms with Crippen molar-refractivity contribution in [1.82, 2.24) is 19.7 Å². The predicted molar refractivity (Wildman–Crippen MR) is 127 cm³/mol. The van der Waals surface area contributed by atoms with Gasteiger partial charge in [-0.2, -0.15) is 5.10 Å². The Balaban J connectivity index is 1.77. The van der Waals surface area contributed by atoms with Gasteiger partial charge < -0.3 is 14.4 Å². The molecule has 7 nitrogen and oxygen atoms in total. The quantitative estimate of drug-likeness (QED) is 0.392. The fourth-order valence-corrected chi connectivity index (χ4v) is 3.43. The molecule has 0 saturated carbocycles. The van der Waals surface area contributed by atoms with Crippen molar-refractivity contribution >= 4 is 22.4 Å². The third-order valence-corrected chi connectivity index (χ3v) is 5.16. The average molecular weight is 428 g/mol. The number of terminal acetylenes is 1. The van der Waals surface area contributed by atoms with Crippen molar-refractivity contribution in [3.05, 3.63) is 55.0 Å². The standard InChI is InChI=1S/C25H25N5O2/c1-6-9-29(20-10-21(31-4)13-22(11-20)32-5)19-7-8-23-24(12-19)28-25(15-26-23)18-14-27-30(16-18)17(2)3/h1,7-8,10-17H,9H2,2-5H3. The van der Waals surface area contributed by atoms with Crippen LogP contribution < -0.4 is 14.4 Å². The minimum atomic E-state index is 0.279. The van der Waals surface area contributed by atoms with Crippen LogP contribution in [-0.2, 0) is 0 Å². The second-order valence-corrected chi connectivity index (χ2v) is 7.59. The zero-order valence-corrected chi connectivity index (χ0v) is 18.6. The number of nitrogens with zero attached hydrogens (tertiary/aromatic N) is 5. The van der Waals surface area contributed by atoms with Crippen molar-refractivity contribution in [2.75, 3.05) is 25.7 Å². The molecule has 2 aromatic heterocycles. The summed E-state index contributed by atoms with van der Waals surface area (Å²) in [6.07, 6.45) is 11.3. The molecule has 2 heterocycles. The maximum Gasteiger partial charge on any atom is 0.124 e. The molecule has 2 aromatic carbocycles. The van der Waals surface area contributed by atoms with Gasteiger partial charge in [0.25, 0.3) is 0 Å². The summed E-state index contributed by atoms with van der Waals surface area (Å²) in [5.74, 6) is 4.11. The minimum absolute atomic E-state index is 0.279. The Hall–Kier alpha value is -4.05. The highest BCUT2D eigenvalue weighted by molar-refractivity contribution is 5.83. The Labute approximate surface area is 187 Å². The van der Waals surface area contributed by atoms with E-state index in [1.54, 1.807) is 20.4 Å². The number of hydrogen-bond donors (Lipinski definition) is 0. The van der Waals surface area contributed by atoms with Crippen molar-refractivity contribution in [1.29, 1.82) is 0 Å². The molecule has 4 rings (SSSR count). The normalized spacial score (nSPS) is 10.9. The molecule has 0 bridgehead atoms. The zero-order chi connectivity index (χ0) is 22.7. The lowest BCUT2D eigenvalue weighted by atomic mass is 10.2.